The lowest BCUT2D eigenvalue weighted by Crippen LogP contribution is -2.20. The van der Waals surface area contributed by atoms with E-state index in [1.165, 1.54) is 22.3 Å². The maximum absolute atomic E-state index is 11.0. The second-order valence-corrected chi connectivity index (χ2v) is 5.56. The van der Waals surface area contributed by atoms with Crippen LogP contribution in [0.4, 0.5) is 0 Å². The van der Waals surface area contributed by atoms with Crippen LogP contribution in [0.2, 0.25) is 0 Å². The zero-order chi connectivity index (χ0) is 13.8. The van der Waals surface area contributed by atoms with Crippen LogP contribution in [0, 0.1) is 6.92 Å². The van der Waals surface area contributed by atoms with E-state index in [0.717, 1.165) is 0 Å². The molecular weight excluding hydrogens is 262 g/mol. The molecule has 0 aliphatic carbocycles. The van der Waals surface area contributed by atoms with Gasteiger partial charge in [0.15, 0.2) is 0 Å². The first kappa shape index (κ1) is 13.6. The zero-order valence-corrected chi connectivity index (χ0v) is 11.6. The molecule has 0 bridgehead atoms. The highest BCUT2D eigenvalue weighted by molar-refractivity contribution is 7.12. The summed E-state index contributed by atoms with van der Waals surface area (Å²) in [5.41, 5.74) is 0.646. The fourth-order valence-electron chi connectivity index (χ4n) is 1.71. The van der Waals surface area contributed by atoms with Crippen molar-refractivity contribution in [2.45, 2.75) is 26.4 Å². The molecule has 1 atom stereocenters. The van der Waals surface area contributed by atoms with Crippen molar-refractivity contribution in [1.82, 2.24) is 15.3 Å². The first-order valence-electron chi connectivity index (χ1n) is 5.90. The van der Waals surface area contributed by atoms with Gasteiger partial charge in [0, 0.05) is 28.5 Å². The number of carbonyl (C=O) groups is 1. The molecule has 0 spiro atoms. The van der Waals surface area contributed by atoms with Crippen molar-refractivity contribution < 1.29 is 9.90 Å². The molecule has 100 valence electrons. The largest absolute Gasteiger partial charge is 0.478 e. The van der Waals surface area contributed by atoms with Gasteiger partial charge in [0.1, 0.15) is 11.9 Å². The van der Waals surface area contributed by atoms with Gasteiger partial charge in [-0.05, 0) is 26.0 Å². The van der Waals surface area contributed by atoms with Gasteiger partial charge in [-0.3, -0.25) is 0 Å². The Balaban J connectivity index is 2.05. The average Bonchev–Trinajstić information content (AvgIpc) is 2.83. The van der Waals surface area contributed by atoms with Crippen molar-refractivity contribution in [3.8, 4) is 0 Å². The number of rotatable bonds is 5. The molecule has 0 saturated heterocycles. The summed E-state index contributed by atoms with van der Waals surface area (Å²) in [6.45, 7) is 4.52. The number of hydrogen-bond donors (Lipinski definition) is 2. The second kappa shape index (κ2) is 5.90. The lowest BCUT2D eigenvalue weighted by atomic mass is 10.2. The third kappa shape index (κ3) is 3.36. The van der Waals surface area contributed by atoms with Crippen LogP contribution in [0.5, 0.6) is 0 Å². The van der Waals surface area contributed by atoms with E-state index < -0.39 is 5.97 Å². The van der Waals surface area contributed by atoms with Gasteiger partial charge in [-0.2, -0.15) is 0 Å². The van der Waals surface area contributed by atoms with E-state index in [1.54, 1.807) is 11.3 Å². The fourth-order valence-corrected chi connectivity index (χ4v) is 2.62. The number of aromatic carboxylic acids is 1. The molecule has 2 N–H and O–H groups in total. The summed E-state index contributed by atoms with van der Waals surface area (Å²) < 4.78 is 0. The Morgan fingerprint density at radius 2 is 2.32 bits per heavy atom. The number of nitrogens with zero attached hydrogens (tertiary/aromatic N) is 2. The molecule has 0 aromatic carbocycles. The van der Waals surface area contributed by atoms with Crippen LogP contribution >= 0.6 is 11.3 Å². The molecule has 2 rings (SSSR count). The van der Waals surface area contributed by atoms with Crippen LogP contribution in [0.15, 0.2) is 24.7 Å². The molecule has 2 heterocycles. The predicted octanol–water partition coefficient (Wildman–Crippen LogP) is 2.40. The molecule has 19 heavy (non-hydrogen) atoms. The SMILES string of the molecule is Cc1ccc(C(C)NCc2ncncc2C(=O)O)s1. The number of aromatic nitrogens is 2. The van der Waals surface area contributed by atoms with E-state index in [0.29, 0.717) is 12.2 Å². The Bertz CT molecular complexity index is 583. The Morgan fingerprint density at radius 1 is 1.53 bits per heavy atom. The average molecular weight is 277 g/mol. The van der Waals surface area contributed by atoms with E-state index in [4.69, 9.17) is 5.11 Å². The summed E-state index contributed by atoms with van der Waals surface area (Å²) in [6, 6.07) is 4.32. The normalized spacial score (nSPS) is 12.3. The van der Waals surface area contributed by atoms with Crippen LogP contribution in [0.25, 0.3) is 0 Å². The van der Waals surface area contributed by atoms with Gasteiger partial charge in [0.25, 0.3) is 0 Å². The Hall–Kier alpha value is -1.79. The van der Waals surface area contributed by atoms with Crippen LogP contribution in [-0.4, -0.2) is 21.0 Å². The second-order valence-electron chi connectivity index (χ2n) is 4.24. The van der Waals surface area contributed by atoms with Crippen molar-refractivity contribution in [2.24, 2.45) is 0 Å². The Morgan fingerprint density at radius 3 is 2.95 bits per heavy atom. The molecule has 2 aromatic rings. The van der Waals surface area contributed by atoms with Gasteiger partial charge in [-0.1, -0.05) is 0 Å². The maximum Gasteiger partial charge on any atom is 0.339 e. The van der Waals surface area contributed by atoms with E-state index in [1.807, 2.05) is 6.92 Å². The van der Waals surface area contributed by atoms with Crippen LogP contribution in [0.1, 0.15) is 38.8 Å². The number of nitrogens with one attached hydrogen (secondary N) is 1. The highest BCUT2D eigenvalue weighted by Crippen LogP contribution is 2.22. The Labute approximate surface area is 115 Å². The van der Waals surface area contributed by atoms with Crippen molar-refractivity contribution in [1.29, 1.82) is 0 Å². The van der Waals surface area contributed by atoms with E-state index in [2.05, 4.69) is 34.3 Å². The topological polar surface area (TPSA) is 75.1 Å². The monoisotopic (exact) mass is 277 g/mol. The summed E-state index contributed by atoms with van der Waals surface area (Å²) in [5, 5.41) is 12.3. The Kier molecular flexibility index (Phi) is 4.24. The number of hydrogen-bond acceptors (Lipinski definition) is 5. The van der Waals surface area contributed by atoms with E-state index >= 15 is 0 Å². The van der Waals surface area contributed by atoms with Gasteiger partial charge >= 0.3 is 5.97 Å². The highest BCUT2D eigenvalue weighted by atomic mass is 32.1. The van der Waals surface area contributed by atoms with Gasteiger partial charge in [0.2, 0.25) is 0 Å². The molecule has 2 aromatic heterocycles. The first-order chi connectivity index (χ1) is 9.08. The number of thiophene rings is 1. The van der Waals surface area contributed by atoms with Gasteiger partial charge in [-0.15, -0.1) is 11.3 Å². The molecule has 6 heteroatoms. The van der Waals surface area contributed by atoms with Crippen molar-refractivity contribution in [3.63, 3.8) is 0 Å². The third-order valence-electron chi connectivity index (χ3n) is 2.79. The summed E-state index contributed by atoms with van der Waals surface area (Å²) in [7, 11) is 0. The fraction of sp³-hybridized carbons (Fsp3) is 0.308. The smallest absolute Gasteiger partial charge is 0.339 e. The first-order valence-corrected chi connectivity index (χ1v) is 6.71. The number of carboxylic acid groups (broad SMARTS) is 1. The summed E-state index contributed by atoms with van der Waals surface area (Å²) in [6.07, 6.45) is 2.69. The standard InChI is InChI=1S/C13H15N3O2S/c1-8-3-4-12(19-8)9(2)15-6-11-10(13(17)18)5-14-7-16-11/h3-5,7,9,15H,6H2,1-2H3,(H,17,18). The zero-order valence-electron chi connectivity index (χ0n) is 10.8. The van der Waals surface area contributed by atoms with Crippen molar-refractivity contribution in [3.05, 3.63) is 45.7 Å². The molecule has 0 saturated carbocycles. The van der Waals surface area contributed by atoms with Crippen molar-refractivity contribution in [2.75, 3.05) is 0 Å². The summed E-state index contributed by atoms with van der Waals surface area (Å²) in [5.74, 6) is -1.00. The van der Waals surface area contributed by atoms with Gasteiger partial charge < -0.3 is 10.4 Å². The minimum Gasteiger partial charge on any atom is -0.478 e. The summed E-state index contributed by atoms with van der Waals surface area (Å²) >= 11 is 1.73. The quantitative estimate of drug-likeness (QED) is 0.877. The molecule has 0 amide bonds. The van der Waals surface area contributed by atoms with E-state index in [-0.39, 0.29) is 11.6 Å². The molecular formula is C13H15N3O2S. The van der Waals surface area contributed by atoms with Gasteiger partial charge in [-0.25, -0.2) is 14.8 Å². The third-order valence-corrected chi connectivity index (χ3v) is 3.97. The maximum atomic E-state index is 11.0. The molecule has 5 nitrogen and oxygen atoms in total. The van der Waals surface area contributed by atoms with Gasteiger partial charge in [0.05, 0.1) is 5.69 Å². The molecule has 0 aliphatic rings. The van der Waals surface area contributed by atoms with Crippen LogP contribution in [-0.2, 0) is 6.54 Å². The number of aryl methyl sites for hydroxylation is 1. The minimum atomic E-state index is -1.00. The van der Waals surface area contributed by atoms with Crippen molar-refractivity contribution >= 4 is 17.3 Å². The lowest BCUT2D eigenvalue weighted by molar-refractivity contribution is 0.0694. The van der Waals surface area contributed by atoms with Crippen LogP contribution < -0.4 is 5.32 Å². The molecule has 0 fully saturated rings. The van der Waals surface area contributed by atoms with E-state index in [9.17, 15) is 4.79 Å². The lowest BCUT2D eigenvalue weighted by Gasteiger charge is -2.12. The molecule has 0 aliphatic heterocycles. The van der Waals surface area contributed by atoms with Crippen LogP contribution in [0.3, 0.4) is 0 Å². The summed E-state index contributed by atoms with van der Waals surface area (Å²) in [4.78, 5) is 21.3. The highest BCUT2D eigenvalue weighted by Gasteiger charge is 2.13. The molecule has 1 unspecified atom stereocenters. The minimum absolute atomic E-state index is 0.143. The number of carboxylic acids is 1. The predicted molar refractivity (Wildman–Crippen MR) is 73.3 cm³/mol. The molecule has 0 radical (unpaired) electrons.